The van der Waals surface area contributed by atoms with Crippen molar-refractivity contribution >= 4 is 33.4 Å². The molecule has 5 heteroatoms. The topological polar surface area (TPSA) is 29.1 Å². The number of allylic oxidation sites excluding steroid dienone is 5. The van der Waals surface area contributed by atoms with Gasteiger partial charge in [-0.05, 0) is 59.3 Å². The van der Waals surface area contributed by atoms with Gasteiger partial charge in [-0.3, -0.25) is 4.79 Å². The van der Waals surface area contributed by atoms with Crippen LogP contribution in [0.1, 0.15) is 39.5 Å². The molecule has 22 heavy (non-hydrogen) atoms. The molecule has 1 rings (SSSR count). The van der Waals surface area contributed by atoms with Gasteiger partial charge in [-0.15, -0.1) is 0 Å². The van der Waals surface area contributed by atoms with Crippen LogP contribution >= 0.6 is 27.5 Å². The van der Waals surface area contributed by atoms with Crippen LogP contribution in [0.3, 0.4) is 0 Å². The third kappa shape index (κ3) is 6.49. The highest BCUT2D eigenvalue weighted by atomic mass is 79.9. The Morgan fingerprint density at radius 1 is 1.55 bits per heavy atom. The summed E-state index contributed by atoms with van der Waals surface area (Å²) in [5.41, 5.74) is 1.67. The van der Waals surface area contributed by atoms with Crippen molar-refractivity contribution in [2.24, 2.45) is 5.92 Å². The lowest BCUT2D eigenvalue weighted by molar-refractivity contribution is -0.115. The van der Waals surface area contributed by atoms with Gasteiger partial charge in [0, 0.05) is 16.6 Å². The molecule has 122 valence electrons. The van der Waals surface area contributed by atoms with Gasteiger partial charge in [0.15, 0.2) is 4.58 Å². The van der Waals surface area contributed by atoms with Crippen molar-refractivity contribution in [1.29, 1.82) is 0 Å². The molecule has 2 unspecified atom stereocenters. The number of nitrogens with one attached hydrogen (secondary N) is 1. The lowest BCUT2D eigenvalue weighted by Crippen LogP contribution is -2.21. The number of rotatable bonds is 8. The Morgan fingerprint density at radius 2 is 2.18 bits per heavy atom. The van der Waals surface area contributed by atoms with Gasteiger partial charge in [-0.1, -0.05) is 44.2 Å². The molecule has 0 radical (unpaired) electrons. The molecule has 0 heterocycles. The number of carbonyl (C=O) groups is 1. The predicted octanol–water partition coefficient (Wildman–Crippen LogP) is 5.51. The highest BCUT2D eigenvalue weighted by Gasteiger charge is 2.52. The van der Waals surface area contributed by atoms with Crippen molar-refractivity contribution in [3.8, 4) is 0 Å². The van der Waals surface area contributed by atoms with Crippen LogP contribution in [-0.4, -0.2) is 10.5 Å². The van der Waals surface area contributed by atoms with E-state index in [1.807, 2.05) is 19.9 Å². The first-order valence-corrected chi connectivity index (χ1v) is 8.58. The molecule has 2 atom stereocenters. The summed E-state index contributed by atoms with van der Waals surface area (Å²) in [5.74, 6) is -0.258. The van der Waals surface area contributed by atoms with E-state index in [0.29, 0.717) is 17.9 Å². The van der Waals surface area contributed by atoms with E-state index in [-0.39, 0.29) is 11.8 Å². The number of hydrogen-bond donors (Lipinski definition) is 1. The van der Waals surface area contributed by atoms with Gasteiger partial charge in [0.25, 0.3) is 0 Å². The van der Waals surface area contributed by atoms with Crippen molar-refractivity contribution < 1.29 is 9.18 Å². The fraction of sp³-hybridized carbons (Fsp3) is 0.471. The Kier molecular flexibility index (Phi) is 7.57. The third-order valence-corrected chi connectivity index (χ3v) is 4.45. The maximum atomic E-state index is 13.3. The molecule has 1 aliphatic rings. The zero-order chi connectivity index (χ0) is 16.8. The lowest BCUT2D eigenvalue weighted by atomic mass is 10.1. The second-order valence-electron chi connectivity index (χ2n) is 5.29. The Labute approximate surface area is 145 Å². The van der Waals surface area contributed by atoms with E-state index >= 15 is 0 Å². The van der Waals surface area contributed by atoms with E-state index in [2.05, 4.69) is 27.8 Å². The Bertz CT molecular complexity index is 523. The lowest BCUT2D eigenvalue weighted by Gasteiger charge is -2.11. The molecule has 2 nitrogen and oxygen atoms in total. The first kappa shape index (κ1) is 19.2. The second kappa shape index (κ2) is 8.68. The zero-order valence-corrected chi connectivity index (χ0v) is 15.3. The predicted molar refractivity (Wildman–Crippen MR) is 94.5 cm³/mol. The minimum atomic E-state index is -1.24. The molecular weight excluding hydrogens is 369 g/mol. The average molecular weight is 391 g/mol. The molecule has 0 aliphatic heterocycles. The van der Waals surface area contributed by atoms with Gasteiger partial charge in [-0.25, -0.2) is 4.39 Å². The fourth-order valence-electron chi connectivity index (χ4n) is 2.06. The summed E-state index contributed by atoms with van der Waals surface area (Å²) in [6, 6.07) is 0. The summed E-state index contributed by atoms with van der Waals surface area (Å²) in [7, 11) is 0. The SMILES string of the molecule is C=C(Cl)/C=C(CC)\C(=C/CC)NC(=O)/C=C/CC1CC1(F)Br. The Morgan fingerprint density at radius 3 is 2.64 bits per heavy atom. The molecule has 0 aromatic rings. The minimum Gasteiger partial charge on any atom is -0.323 e. The first-order valence-electron chi connectivity index (χ1n) is 7.41. The van der Waals surface area contributed by atoms with Gasteiger partial charge in [0.1, 0.15) is 0 Å². The zero-order valence-electron chi connectivity index (χ0n) is 13.0. The van der Waals surface area contributed by atoms with Gasteiger partial charge in [-0.2, -0.15) is 0 Å². The van der Waals surface area contributed by atoms with E-state index in [9.17, 15) is 9.18 Å². The molecule has 0 aromatic heterocycles. The first-order chi connectivity index (χ1) is 10.3. The van der Waals surface area contributed by atoms with Crippen molar-refractivity contribution in [3.05, 3.63) is 47.2 Å². The molecule has 1 aliphatic carbocycles. The number of carbonyl (C=O) groups excluding carboxylic acids is 1. The van der Waals surface area contributed by atoms with Crippen molar-refractivity contribution in [1.82, 2.24) is 5.32 Å². The minimum absolute atomic E-state index is 0.0344. The molecule has 1 saturated carbocycles. The van der Waals surface area contributed by atoms with E-state index in [0.717, 1.165) is 24.1 Å². The van der Waals surface area contributed by atoms with Gasteiger partial charge >= 0.3 is 0 Å². The molecular formula is C17H22BrClFNO. The van der Waals surface area contributed by atoms with Crippen LogP contribution in [0, 0.1) is 5.92 Å². The van der Waals surface area contributed by atoms with Crippen molar-refractivity contribution in [2.45, 2.75) is 44.1 Å². The van der Waals surface area contributed by atoms with E-state index in [4.69, 9.17) is 11.6 Å². The fourth-order valence-corrected chi connectivity index (χ4v) is 2.77. The molecule has 1 amide bonds. The molecule has 1 N–H and O–H groups in total. The van der Waals surface area contributed by atoms with Crippen molar-refractivity contribution in [3.63, 3.8) is 0 Å². The summed E-state index contributed by atoms with van der Waals surface area (Å²) >= 11 is 8.81. The normalized spacial score (nSPS) is 25.4. The van der Waals surface area contributed by atoms with E-state index in [1.54, 1.807) is 12.2 Å². The third-order valence-electron chi connectivity index (χ3n) is 3.37. The van der Waals surface area contributed by atoms with Crippen LogP contribution in [0.5, 0.6) is 0 Å². The summed E-state index contributed by atoms with van der Waals surface area (Å²) < 4.78 is 12.1. The Hall–Kier alpha value is -0.870. The molecule has 0 bridgehead atoms. The number of amides is 1. The number of alkyl halides is 2. The largest absolute Gasteiger partial charge is 0.323 e. The highest BCUT2D eigenvalue weighted by molar-refractivity contribution is 9.10. The van der Waals surface area contributed by atoms with Crippen LogP contribution in [0.15, 0.2) is 47.2 Å². The summed E-state index contributed by atoms with van der Waals surface area (Å²) in [4.78, 5) is 12.0. The summed E-state index contributed by atoms with van der Waals surface area (Å²) in [6.07, 6.45) is 9.43. The number of halogens is 3. The Balaban J connectivity index is 2.63. The van der Waals surface area contributed by atoms with Crippen LogP contribution in [-0.2, 0) is 4.79 Å². The molecule has 1 fully saturated rings. The van der Waals surface area contributed by atoms with Gasteiger partial charge in [0.05, 0.1) is 0 Å². The summed E-state index contributed by atoms with van der Waals surface area (Å²) in [6.45, 7) is 7.63. The smallest absolute Gasteiger partial charge is 0.248 e. The molecule has 0 saturated heterocycles. The van der Waals surface area contributed by atoms with Crippen LogP contribution in [0.4, 0.5) is 4.39 Å². The maximum Gasteiger partial charge on any atom is 0.248 e. The van der Waals surface area contributed by atoms with E-state index < -0.39 is 4.58 Å². The summed E-state index contributed by atoms with van der Waals surface area (Å²) in [5, 5.41) is 3.28. The van der Waals surface area contributed by atoms with Crippen LogP contribution in [0.2, 0.25) is 0 Å². The van der Waals surface area contributed by atoms with E-state index in [1.165, 1.54) is 6.08 Å². The maximum absolute atomic E-state index is 13.3. The molecule has 0 aromatic carbocycles. The average Bonchev–Trinajstić information content (AvgIpc) is 3.02. The second-order valence-corrected chi connectivity index (χ2v) is 7.09. The van der Waals surface area contributed by atoms with Crippen LogP contribution < -0.4 is 5.32 Å². The standard InChI is InChI=1S/C17H22BrClFNO/c1-4-7-15(13(5-2)10-12(3)19)21-16(22)9-6-8-14-11-17(14,18)20/h6-7,9-10,14H,3-5,8,11H2,1-2H3,(H,21,22)/b9-6+,13-10-,15-7+. The monoisotopic (exact) mass is 389 g/mol. The van der Waals surface area contributed by atoms with Gasteiger partial charge in [0.2, 0.25) is 5.91 Å². The van der Waals surface area contributed by atoms with Gasteiger partial charge < -0.3 is 5.32 Å². The number of hydrogen-bond acceptors (Lipinski definition) is 1. The molecule has 0 spiro atoms. The quantitative estimate of drug-likeness (QED) is 0.330. The van der Waals surface area contributed by atoms with Crippen LogP contribution in [0.25, 0.3) is 0 Å². The van der Waals surface area contributed by atoms with Crippen molar-refractivity contribution in [2.75, 3.05) is 0 Å². The highest BCUT2D eigenvalue weighted by Crippen LogP contribution is 2.54.